The fourth-order valence-electron chi connectivity index (χ4n) is 4.48. The van der Waals surface area contributed by atoms with E-state index in [1.165, 1.54) is 24.3 Å². The summed E-state index contributed by atoms with van der Waals surface area (Å²) in [7, 11) is -3.64. The van der Waals surface area contributed by atoms with Crippen molar-refractivity contribution in [3.63, 3.8) is 0 Å². The van der Waals surface area contributed by atoms with Crippen LogP contribution in [0, 0.1) is 17.2 Å². The maximum Gasteiger partial charge on any atom is 0.240 e. The SMILES string of the molecule is N#Cc1ccc(S(=O)(=O)NCC[C@@H]2CC[C@@H](c3ccc(Cl)cc3Cl)N(c3ccc(Cl)cc3)C2)cc1. The van der Waals surface area contributed by atoms with Crippen molar-refractivity contribution in [3.05, 3.63) is 92.9 Å². The van der Waals surface area contributed by atoms with E-state index < -0.39 is 10.0 Å². The van der Waals surface area contributed by atoms with Crippen LogP contribution in [0.2, 0.25) is 15.1 Å². The van der Waals surface area contributed by atoms with Gasteiger partial charge in [0.1, 0.15) is 0 Å². The summed E-state index contributed by atoms with van der Waals surface area (Å²) in [5.41, 5.74) is 2.48. The lowest BCUT2D eigenvalue weighted by Crippen LogP contribution is -2.39. The lowest BCUT2D eigenvalue weighted by molar-refractivity contribution is 0.343. The second-order valence-corrected chi connectivity index (χ2v) is 11.6. The molecule has 0 bridgehead atoms. The number of hydrogen-bond acceptors (Lipinski definition) is 4. The molecule has 0 unspecified atom stereocenters. The first-order valence-corrected chi connectivity index (χ1v) is 13.9. The number of nitriles is 1. The minimum Gasteiger partial charge on any atom is -0.364 e. The van der Waals surface area contributed by atoms with Crippen molar-refractivity contribution in [2.24, 2.45) is 5.92 Å². The van der Waals surface area contributed by atoms with E-state index in [1.54, 1.807) is 6.07 Å². The Balaban J connectivity index is 1.46. The summed E-state index contributed by atoms with van der Waals surface area (Å²) in [6.07, 6.45) is 2.50. The average molecular weight is 549 g/mol. The van der Waals surface area contributed by atoms with Gasteiger partial charge in [-0.15, -0.1) is 0 Å². The van der Waals surface area contributed by atoms with E-state index in [0.717, 1.165) is 30.6 Å². The van der Waals surface area contributed by atoms with Gasteiger partial charge in [0.05, 0.1) is 22.6 Å². The molecule has 9 heteroatoms. The van der Waals surface area contributed by atoms with Gasteiger partial charge in [-0.05, 0) is 91.4 Å². The van der Waals surface area contributed by atoms with Crippen molar-refractivity contribution >= 4 is 50.5 Å². The summed E-state index contributed by atoms with van der Waals surface area (Å²) < 4.78 is 28.0. The summed E-state index contributed by atoms with van der Waals surface area (Å²) in [5, 5.41) is 10.8. The average Bonchev–Trinajstić information content (AvgIpc) is 2.85. The van der Waals surface area contributed by atoms with E-state index in [-0.39, 0.29) is 16.9 Å². The van der Waals surface area contributed by atoms with Gasteiger partial charge in [0.2, 0.25) is 10.0 Å². The molecule has 4 rings (SSSR count). The number of halogens is 3. The third kappa shape index (κ3) is 6.30. The third-order valence-corrected chi connectivity index (χ3v) is 8.59. The summed E-state index contributed by atoms with van der Waals surface area (Å²) in [4.78, 5) is 2.47. The predicted octanol–water partition coefficient (Wildman–Crippen LogP) is 6.84. The van der Waals surface area contributed by atoms with Crippen molar-refractivity contribution in [2.45, 2.75) is 30.2 Å². The summed E-state index contributed by atoms with van der Waals surface area (Å²) in [6.45, 7) is 1.08. The van der Waals surface area contributed by atoms with Gasteiger partial charge < -0.3 is 4.90 Å². The Labute approximate surface area is 221 Å². The van der Waals surface area contributed by atoms with Gasteiger partial charge in [-0.1, -0.05) is 40.9 Å². The Morgan fingerprint density at radius 2 is 1.63 bits per heavy atom. The highest BCUT2D eigenvalue weighted by Crippen LogP contribution is 2.41. The monoisotopic (exact) mass is 547 g/mol. The van der Waals surface area contributed by atoms with Crippen LogP contribution in [0.3, 0.4) is 0 Å². The van der Waals surface area contributed by atoms with Crippen molar-refractivity contribution in [2.75, 3.05) is 18.0 Å². The van der Waals surface area contributed by atoms with E-state index in [4.69, 9.17) is 40.1 Å². The molecule has 3 aromatic rings. The van der Waals surface area contributed by atoms with Gasteiger partial charge >= 0.3 is 0 Å². The molecule has 1 heterocycles. The number of nitrogens with zero attached hydrogens (tertiary/aromatic N) is 2. The molecule has 35 heavy (non-hydrogen) atoms. The maximum absolute atomic E-state index is 12.7. The summed E-state index contributed by atoms with van der Waals surface area (Å²) >= 11 is 18.8. The van der Waals surface area contributed by atoms with Crippen molar-refractivity contribution in [1.29, 1.82) is 5.26 Å². The van der Waals surface area contributed by atoms with E-state index in [2.05, 4.69) is 9.62 Å². The highest BCUT2D eigenvalue weighted by molar-refractivity contribution is 7.89. The normalized spacial score (nSPS) is 18.3. The fourth-order valence-corrected chi connectivity index (χ4v) is 6.19. The molecule has 0 radical (unpaired) electrons. The minimum atomic E-state index is -3.64. The molecule has 1 fully saturated rings. The molecule has 1 aliphatic heterocycles. The quantitative estimate of drug-likeness (QED) is 0.351. The van der Waals surface area contributed by atoms with E-state index >= 15 is 0 Å². The Hall–Kier alpha value is -2.27. The fraction of sp³-hybridized carbons (Fsp3) is 0.269. The zero-order valence-corrected chi connectivity index (χ0v) is 21.9. The van der Waals surface area contributed by atoms with E-state index in [0.29, 0.717) is 33.6 Å². The van der Waals surface area contributed by atoms with Crippen LogP contribution >= 0.6 is 34.8 Å². The van der Waals surface area contributed by atoms with Gasteiger partial charge in [0.25, 0.3) is 0 Å². The number of sulfonamides is 1. The molecule has 0 amide bonds. The zero-order chi connectivity index (χ0) is 25.0. The van der Waals surface area contributed by atoms with Crippen molar-refractivity contribution < 1.29 is 8.42 Å². The summed E-state index contributed by atoms with van der Waals surface area (Å²) in [6, 6.07) is 21.3. The summed E-state index contributed by atoms with van der Waals surface area (Å²) in [5.74, 6) is 0.289. The smallest absolute Gasteiger partial charge is 0.240 e. The number of anilines is 1. The Kier molecular flexibility index (Phi) is 8.26. The van der Waals surface area contributed by atoms with E-state index in [9.17, 15) is 8.42 Å². The lowest BCUT2D eigenvalue weighted by atomic mass is 9.86. The topological polar surface area (TPSA) is 73.2 Å². The van der Waals surface area contributed by atoms with Crippen LogP contribution in [0.1, 0.15) is 36.4 Å². The van der Waals surface area contributed by atoms with E-state index in [1.807, 2.05) is 42.5 Å². The standard InChI is InChI=1S/C26H24Cl3N3O2S/c27-20-4-7-22(8-5-20)32-17-19(3-12-26(32)24-11-6-21(28)15-25(24)29)13-14-31-35(33,34)23-9-1-18(16-30)2-10-23/h1-2,4-11,15,19,26,31H,3,12-14,17H2/t19-,26-/m0/s1. The number of benzene rings is 3. The van der Waals surface area contributed by atoms with Crippen LogP contribution < -0.4 is 9.62 Å². The van der Waals surface area contributed by atoms with Gasteiger partial charge in [-0.25, -0.2) is 13.1 Å². The number of piperidine rings is 1. The molecular weight excluding hydrogens is 525 g/mol. The van der Waals surface area contributed by atoms with Gasteiger partial charge in [0.15, 0.2) is 0 Å². The molecule has 3 aromatic carbocycles. The molecule has 1 aliphatic rings. The van der Waals surface area contributed by atoms with Crippen LogP contribution in [-0.4, -0.2) is 21.5 Å². The van der Waals surface area contributed by atoms with Crippen LogP contribution in [0.25, 0.3) is 0 Å². The molecule has 182 valence electrons. The van der Waals surface area contributed by atoms with Crippen LogP contribution in [0.15, 0.2) is 71.6 Å². The van der Waals surface area contributed by atoms with Crippen LogP contribution in [-0.2, 0) is 10.0 Å². The number of hydrogen-bond donors (Lipinski definition) is 1. The van der Waals surface area contributed by atoms with Crippen LogP contribution in [0.5, 0.6) is 0 Å². The Morgan fingerprint density at radius 3 is 2.29 bits per heavy atom. The number of nitrogens with one attached hydrogen (secondary N) is 1. The first-order valence-electron chi connectivity index (χ1n) is 11.2. The Bertz CT molecular complexity index is 1320. The lowest BCUT2D eigenvalue weighted by Gasteiger charge is -2.42. The maximum atomic E-state index is 12.7. The molecule has 2 atom stereocenters. The van der Waals surface area contributed by atoms with Gasteiger partial charge in [-0.2, -0.15) is 5.26 Å². The molecule has 0 aromatic heterocycles. The highest BCUT2D eigenvalue weighted by atomic mass is 35.5. The molecule has 5 nitrogen and oxygen atoms in total. The van der Waals surface area contributed by atoms with Crippen molar-refractivity contribution in [3.8, 4) is 6.07 Å². The Morgan fingerprint density at radius 1 is 0.943 bits per heavy atom. The molecule has 1 N–H and O–H groups in total. The van der Waals surface area contributed by atoms with Gasteiger partial charge in [0, 0.05) is 33.8 Å². The van der Waals surface area contributed by atoms with Crippen LogP contribution in [0.4, 0.5) is 5.69 Å². The molecule has 0 saturated carbocycles. The predicted molar refractivity (Wildman–Crippen MR) is 142 cm³/mol. The first kappa shape index (κ1) is 25.8. The molecule has 1 saturated heterocycles. The zero-order valence-electron chi connectivity index (χ0n) is 18.8. The minimum absolute atomic E-state index is 0.0764. The number of rotatable bonds is 7. The highest BCUT2D eigenvalue weighted by Gasteiger charge is 2.31. The third-order valence-electron chi connectivity index (χ3n) is 6.30. The largest absolute Gasteiger partial charge is 0.364 e. The van der Waals surface area contributed by atoms with Crippen molar-refractivity contribution in [1.82, 2.24) is 4.72 Å². The molecule has 0 spiro atoms. The molecular formula is C26H24Cl3N3O2S. The molecule has 0 aliphatic carbocycles. The van der Waals surface area contributed by atoms with Gasteiger partial charge in [-0.3, -0.25) is 0 Å². The first-order chi connectivity index (χ1) is 16.8. The second kappa shape index (κ2) is 11.2. The second-order valence-electron chi connectivity index (χ2n) is 8.58.